The fraction of sp³-hybridized carbons (Fsp3) is 0.333. The van der Waals surface area contributed by atoms with Crippen molar-refractivity contribution in [3.8, 4) is 0 Å². The average molecular weight is 242 g/mol. The van der Waals surface area contributed by atoms with E-state index in [1.165, 1.54) is 22.0 Å². The van der Waals surface area contributed by atoms with Crippen molar-refractivity contribution in [2.24, 2.45) is 5.73 Å². The number of nitrogens with one attached hydrogen (secondary N) is 1. The van der Waals surface area contributed by atoms with Crippen LogP contribution >= 0.6 is 0 Å². The van der Waals surface area contributed by atoms with Gasteiger partial charge in [0.1, 0.15) is 0 Å². The van der Waals surface area contributed by atoms with Gasteiger partial charge in [-0.1, -0.05) is 23.8 Å². The molecule has 1 aliphatic carbocycles. The molecule has 3 nitrogen and oxygen atoms in total. The highest BCUT2D eigenvalue weighted by molar-refractivity contribution is 5.88. The molecule has 1 aliphatic rings. The van der Waals surface area contributed by atoms with Gasteiger partial charge >= 0.3 is 0 Å². The molecule has 0 amide bonds. The molecule has 0 saturated carbocycles. The molecular formula is C15H18N2O. The molecule has 0 aliphatic heterocycles. The van der Waals surface area contributed by atoms with Crippen molar-refractivity contribution < 1.29 is 5.11 Å². The van der Waals surface area contributed by atoms with Gasteiger partial charge < -0.3 is 15.8 Å². The first-order chi connectivity index (χ1) is 8.70. The summed E-state index contributed by atoms with van der Waals surface area (Å²) in [6.45, 7) is 2.04. The van der Waals surface area contributed by atoms with Gasteiger partial charge in [-0.2, -0.15) is 0 Å². The van der Waals surface area contributed by atoms with E-state index in [-0.39, 0.29) is 18.6 Å². The Kier molecular flexibility index (Phi) is 2.73. The summed E-state index contributed by atoms with van der Waals surface area (Å²) < 4.78 is 0. The van der Waals surface area contributed by atoms with E-state index in [0.29, 0.717) is 0 Å². The molecule has 18 heavy (non-hydrogen) atoms. The third-order valence-electron chi connectivity index (χ3n) is 3.81. The first-order valence-electron chi connectivity index (χ1n) is 6.33. The van der Waals surface area contributed by atoms with Gasteiger partial charge in [-0.25, -0.2) is 0 Å². The molecule has 4 N–H and O–H groups in total. The molecule has 0 spiro atoms. The Labute approximate surface area is 106 Å². The zero-order chi connectivity index (χ0) is 12.7. The van der Waals surface area contributed by atoms with Crippen LogP contribution in [0.2, 0.25) is 0 Å². The third-order valence-corrected chi connectivity index (χ3v) is 3.81. The van der Waals surface area contributed by atoms with Crippen LogP contribution in [0.15, 0.2) is 36.0 Å². The maximum atomic E-state index is 9.19. The number of aromatic amines is 1. The molecule has 1 heterocycles. The number of H-pyrrole nitrogens is 1. The minimum Gasteiger partial charge on any atom is -0.392 e. The molecule has 0 radical (unpaired) electrons. The number of nitrogens with two attached hydrogens (primary N) is 1. The first-order valence-corrected chi connectivity index (χ1v) is 6.33. The number of aromatic nitrogens is 1. The van der Waals surface area contributed by atoms with Crippen LogP contribution < -0.4 is 5.73 Å². The molecular weight excluding hydrogens is 224 g/mol. The normalized spacial score (nSPS) is 23.6. The van der Waals surface area contributed by atoms with E-state index in [1.807, 2.05) is 6.92 Å². The lowest BCUT2D eigenvalue weighted by atomic mass is 9.80. The summed E-state index contributed by atoms with van der Waals surface area (Å²) >= 11 is 0. The largest absolute Gasteiger partial charge is 0.392 e. The zero-order valence-corrected chi connectivity index (χ0v) is 10.5. The molecule has 0 bridgehead atoms. The van der Waals surface area contributed by atoms with Crippen LogP contribution in [0.5, 0.6) is 0 Å². The Bertz CT molecular complexity index is 612. The fourth-order valence-electron chi connectivity index (χ4n) is 2.91. The number of aliphatic hydroxyl groups is 1. The zero-order valence-electron chi connectivity index (χ0n) is 10.5. The van der Waals surface area contributed by atoms with Gasteiger partial charge in [-0.05, 0) is 30.5 Å². The lowest BCUT2D eigenvalue weighted by Gasteiger charge is -2.27. The van der Waals surface area contributed by atoms with Crippen molar-refractivity contribution in [3.63, 3.8) is 0 Å². The summed E-state index contributed by atoms with van der Waals surface area (Å²) in [4.78, 5) is 3.30. The van der Waals surface area contributed by atoms with E-state index in [4.69, 9.17) is 5.73 Å². The molecule has 0 saturated heterocycles. The van der Waals surface area contributed by atoms with Crippen LogP contribution in [0.3, 0.4) is 0 Å². The number of hydrogen-bond donors (Lipinski definition) is 3. The topological polar surface area (TPSA) is 62.0 Å². The van der Waals surface area contributed by atoms with E-state index < -0.39 is 0 Å². The predicted molar refractivity (Wildman–Crippen MR) is 73.6 cm³/mol. The fourth-order valence-corrected chi connectivity index (χ4v) is 2.91. The van der Waals surface area contributed by atoms with Crippen molar-refractivity contribution >= 4 is 10.9 Å². The maximum absolute atomic E-state index is 9.19. The van der Waals surface area contributed by atoms with E-state index >= 15 is 0 Å². The minimum absolute atomic E-state index is 0.0837. The van der Waals surface area contributed by atoms with E-state index in [1.54, 1.807) is 0 Å². The summed E-state index contributed by atoms with van der Waals surface area (Å²) in [6, 6.07) is 6.38. The summed E-state index contributed by atoms with van der Waals surface area (Å²) in [5.74, 6) is 0.198. The summed E-state index contributed by atoms with van der Waals surface area (Å²) in [7, 11) is 0. The van der Waals surface area contributed by atoms with Crippen molar-refractivity contribution in [3.05, 3.63) is 47.2 Å². The number of hydrogen-bond acceptors (Lipinski definition) is 2. The monoisotopic (exact) mass is 242 g/mol. The van der Waals surface area contributed by atoms with Crippen LogP contribution in [0, 0.1) is 0 Å². The highest BCUT2D eigenvalue weighted by Gasteiger charge is 2.27. The molecule has 0 unspecified atom stereocenters. The summed E-state index contributed by atoms with van der Waals surface area (Å²) in [5.41, 5.74) is 11.0. The van der Waals surface area contributed by atoms with Gasteiger partial charge in [0.15, 0.2) is 0 Å². The molecule has 2 atom stereocenters. The van der Waals surface area contributed by atoms with E-state index in [9.17, 15) is 5.11 Å². The summed E-state index contributed by atoms with van der Waals surface area (Å²) in [5, 5.41) is 10.5. The number of benzene rings is 1. The minimum atomic E-state index is 0.0837. The van der Waals surface area contributed by atoms with Crippen molar-refractivity contribution in [2.45, 2.75) is 25.3 Å². The second-order valence-electron chi connectivity index (χ2n) is 5.15. The Hall–Kier alpha value is -1.58. The molecule has 1 aromatic carbocycles. The smallest absolute Gasteiger partial charge is 0.0639 e. The van der Waals surface area contributed by atoms with Crippen molar-refractivity contribution in [1.82, 2.24) is 4.98 Å². The quantitative estimate of drug-likeness (QED) is 0.706. The molecule has 0 fully saturated rings. The maximum Gasteiger partial charge on any atom is 0.0639 e. The van der Waals surface area contributed by atoms with Crippen LogP contribution in [0.25, 0.3) is 10.9 Å². The van der Waals surface area contributed by atoms with Gasteiger partial charge in [0, 0.05) is 29.1 Å². The molecule has 1 aromatic heterocycles. The van der Waals surface area contributed by atoms with Crippen LogP contribution in [-0.4, -0.2) is 22.7 Å². The van der Waals surface area contributed by atoms with Gasteiger partial charge in [0.05, 0.1) is 6.61 Å². The van der Waals surface area contributed by atoms with Gasteiger partial charge in [0.2, 0.25) is 0 Å². The molecule has 2 aromatic rings. The number of aliphatic hydroxyl groups excluding tert-OH is 1. The van der Waals surface area contributed by atoms with Crippen LogP contribution in [0.1, 0.15) is 24.0 Å². The Morgan fingerprint density at radius 1 is 1.56 bits per heavy atom. The predicted octanol–water partition coefficient (Wildman–Crippen LogP) is 2.07. The van der Waals surface area contributed by atoms with Gasteiger partial charge in [0.25, 0.3) is 0 Å². The lowest BCUT2D eigenvalue weighted by Crippen LogP contribution is -2.32. The average Bonchev–Trinajstić information content (AvgIpc) is 2.78. The second kappa shape index (κ2) is 4.26. The van der Waals surface area contributed by atoms with Crippen LogP contribution in [0.4, 0.5) is 0 Å². The SMILES string of the molecule is C/C(=C\[C@H]1c2cccc3[nH]cc(c23)C[C@@H]1N)CO. The molecule has 3 rings (SSSR count). The molecule has 94 valence electrons. The highest BCUT2D eigenvalue weighted by Crippen LogP contribution is 2.37. The van der Waals surface area contributed by atoms with Gasteiger partial charge in [-0.15, -0.1) is 0 Å². The van der Waals surface area contributed by atoms with Crippen molar-refractivity contribution in [2.75, 3.05) is 6.61 Å². The third kappa shape index (κ3) is 1.67. The second-order valence-corrected chi connectivity index (χ2v) is 5.15. The van der Waals surface area contributed by atoms with Crippen LogP contribution in [-0.2, 0) is 6.42 Å². The summed E-state index contributed by atoms with van der Waals surface area (Å²) in [6.07, 6.45) is 5.05. The van der Waals surface area contributed by atoms with E-state index in [2.05, 4.69) is 35.5 Å². The number of rotatable bonds is 2. The highest BCUT2D eigenvalue weighted by atomic mass is 16.3. The van der Waals surface area contributed by atoms with Crippen molar-refractivity contribution in [1.29, 1.82) is 0 Å². The Morgan fingerprint density at radius 2 is 2.39 bits per heavy atom. The standard InChI is InChI=1S/C15H18N2O/c1-9(8-18)5-12-11-3-2-4-14-15(11)10(7-17-14)6-13(12)16/h2-5,7,12-13,17-18H,6,8,16H2,1H3/b9-5+/t12-,13-/m0/s1. The van der Waals surface area contributed by atoms with E-state index in [0.717, 1.165) is 12.0 Å². The van der Waals surface area contributed by atoms with Gasteiger partial charge in [-0.3, -0.25) is 0 Å². The Morgan fingerprint density at radius 3 is 3.17 bits per heavy atom. The first kappa shape index (κ1) is 11.5. The molecule has 3 heteroatoms. The lowest BCUT2D eigenvalue weighted by molar-refractivity contribution is 0.330. The Balaban J connectivity index is 2.18.